The molecule has 9 aromatic carbocycles. The maximum absolute atomic E-state index is 2.41. The van der Waals surface area contributed by atoms with Crippen LogP contribution in [-0.4, -0.2) is 23.0 Å². The summed E-state index contributed by atoms with van der Waals surface area (Å²) in [6.07, 6.45) is 21.0. The molecular formula is C88H76S24. The van der Waals surface area contributed by atoms with Crippen LogP contribution in [0, 0.1) is 0 Å². The van der Waals surface area contributed by atoms with Gasteiger partial charge in [0, 0.05) is 31.3 Å². The van der Waals surface area contributed by atoms with Gasteiger partial charge in [-0.2, -0.15) is 0 Å². The van der Waals surface area contributed by atoms with Gasteiger partial charge in [-0.05, 0) is 113 Å². The highest BCUT2D eigenvalue weighted by atomic mass is 32.3. The van der Waals surface area contributed by atoms with Gasteiger partial charge in [0.15, 0.2) is 0 Å². The number of unbranched alkanes of at least 4 members (excludes halogenated alkanes) is 12. The molecule has 10 aliphatic rings. The molecule has 0 unspecified atom stereocenters. The molecule has 0 radical (unpaired) electrons. The maximum Gasteiger partial charge on any atom is 0.0718 e. The molecule has 572 valence electrons. The lowest BCUT2D eigenvalue weighted by Gasteiger charge is -2.13. The summed E-state index contributed by atoms with van der Waals surface area (Å²) >= 11 is 48.9. The van der Waals surface area contributed by atoms with Gasteiger partial charge in [-0.25, -0.2) is 0 Å². The Labute approximate surface area is 760 Å². The van der Waals surface area contributed by atoms with E-state index in [0.29, 0.717) is 0 Å². The molecule has 0 amide bonds. The molecule has 9 aromatic rings. The average Bonchev–Trinajstić information content (AvgIpc) is 1.42. The second kappa shape index (κ2) is 38.1. The van der Waals surface area contributed by atoms with Crippen molar-refractivity contribution in [1.29, 1.82) is 0 Å². The molecule has 0 atom stereocenters. The van der Waals surface area contributed by atoms with Crippen LogP contribution in [0.5, 0.6) is 0 Å². The van der Waals surface area contributed by atoms with Crippen LogP contribution >= 0.6 is 282 Å². The Morgan fingerprint density at radius 2 is 0.295 bits per heavy atom. The largest absolute Gasteiger partial charge is 0.117 e. The van der Waals surface area contributed by atoms with Crippen molar-refractivity contribution >= 4 is 372 Å². The van der Waals surface area contributed by atoms with Gasteiger partial charge in [-0.15, -0.1) is 47.0 Å². The van der Waals surface area contributed by atoms with E-state index in [1.807, 2.05) is 188 Å². The molecule has 0 nitrogen and oxygen atoms in total. The fourth-order valence-electron chi connectivity index (χ4n) is 14.7. The fraction of sp³-hybridized carbons (Fsp3) is 0.273. The van der Waals surface area contributed by atoms with E-state index < -0.39 is 0 Å². The lowest BCUT2D eigenvalue weighted by Crippen LogP contribution is -2.16. The van der Waals surface area contributed by atoms with Crippen LogP contribution in [0.15, 0.2) is 213 Å². The van der Waals surface area contributed by atoms with Crippen LogP contribution in [0.2, 0.25) is 0 Å². The molecule has 19 rings (SSSR count). The van der Waals surface area contributed by atoms with Gasteiger partial charge in [-0.1, -0.05) is 486 Å². The van der Waals surface area contributed by atoms with Crippen molar-refractivity contribution in [3.63, 3.8) is 0 Å². The van der Waals surface area contributed by atoms with E-state index >= 15 is 0 Å². The first kappa shape index (κ1) is 81.7. The van der Waals surface area contributed by atoms with Crippen molar-refractivity contribution < 1.29 is 0 Å². The summed E-state index contributed by atoms with van der Waals surface area (Å²) in [6.45, 7) is 9.27. The molecule has 0 saturated carbocycles. The third-order valence-corrected chi connectivity index (χ3v) is 55.0. The number of hydrogen-bond donors (Lipinski definition) is 0. The number of thioether (sulfide) groups is 24. The molecule has 0 aromatic heterocycles. The van der Waals surface area contributed by atoms with Gasteiger partial charge in [-0.3, -0.25) is 0 Å². The Morgan fingerprint density at radius 3 is 0.438 bits per heavy atom. The van der Waals surface area contributed by atoms with E-state index in [1.165, 1.54) is 315 Å². The highest BCUT2D eigenvalue weighted by Gasteiger charge is 2.41. The van der Waals surface area contributed by atoms with E-state index in [1.54, 1.807) is 0 Å². The van der Waals surface area contributed by atoms with E-state index in [2.05, 4.69) is 267 Å². The average molecular weight is 1900 g/mol. The number of benzene rings is 9. The van der Waals surface area contributed by atoms with Gasteiger partial charge in [0.25, 0.3) is 0 Å². The lowest BCUT2D eigenvalue weighted by atomic mass is 9.99. The topological polar surface area (TPSA) is 0 Å². The molecule has 0 bridgehead atoms. The Balaban J connectivity index is 0.546. The van der Waals surface area contributed by atoms with Gasteiger partial charge in [0.1, 0.15) is 0 Å². The zero-order chi connectivity index (χ0) is 75.2. The number of rotatable bonds is 24. The standard InChI is InChI=1S/C88H76S24/c1-5-9-13-29-45-89-73-74(90-46-30-14-10-6-2)94-67(93-73)61-49-33-17-21-37-53(49)63(54-38-22-18-34-50(54)61)69-97-77-78(98-69)106-85(105-77)87-109-81-82(110-87)102-71(101-81)65-57-41-25-27-43-59(57)66(60-44-28-26-42-58(60)65)72-103-83-84(104-72)112-88(111-83)86-107-79-80(108-86)100-70(99-79)64-55-39-23-19-35-51(55)62(52-36-20-24-40-56(52)64)68-95-75(91-47-31-15-11-7-3)76(96-68)92-48-32-16-12-8-4/h17-28,33-44H,5-16,29-32,45-48H2,1-4H3. The van der Waals surface area contributed by atoms with E-state index in [4.69, 9.17) is 0 Å². The SMILES string of the molecule is CCCCCCSC1=C(SCCCCCC)SC(=c2c3ccccc3c(=C3SC4=C(SC(=C5SC6=C(S5)SC(=c5c7ccccc7c(=C7SC8=C(SC(=C9SC%10=C(S9)SC(=c9c%11ccccc%11c(=C%11SC(SCCCCCC)=C(SCCCCCC)S%11)c%11ccccc9%11)S%10)S8)S7)c7ccccc57)S6)S4)S3)c3ccccc23)S1. The molecule has 112 heavy (non-hydrogen) atoms. The maximum atomic E-state index is 2.41. The molecular weight excluding hydrogens is 1830 g/mol. The molecule has 10 heterocycles. The predicted octanol–water partition coefficient (Wildman–Crippen LogP) is 33.5. The minimum absolute atomic E-state index is 1.21. The first-order valence-corrected chi connectivity index (χ1v) is 58.7. The van der Waals surface area contributed by atoms with Crippen molar-refractivity contribution in [2.24, 2.45) is 0 Å². The summed E-state index contributed by atoms with van der Waals surface area (Å²) in [4.78, 5) is 0. The molecule has 0 aliphatic carbocycles. The summed E-state index contributed by atoms with van der Waals surface area (Å²) < 4.78 is 31.9. The summed E-state index contributed by atoms with van der Waals surface area (Å²) in [6, 6.07) is 56.0. The van der Waals surface area contributed by atoms with E-state index in [-0.39, 0.29) is 0 Å². The third kappa shape index (κ3) is 16.9. The molecule has 0 spiro atoms. The molecule has 10 aliphatic heterocycles. The number of hydrogen-bond acceptors (Lipinski definition) is 24. The molecule has 0 N–H and O–H groups in total. The smallest absolute Gasteiger partial charge is 0.0718 e. The zero-order valence-corrected chi connectivity index (χ0v) is 81.4. The number of fused-ring (bicyclic) bond motifs is 6. The van der Waals surface area contributed by atoms with Crippen LogP contribution in [-0.2, 0) is 0 Å². The Bertz CT molecular complexity index is 5410. The van der Waals surface area contributed by atoms with Crippen LogP contribution in [0.1, 0.15) is 130 Å². The highest BCUT2D eigenvalue weighted by Crippen LogP contribution is 2.76. The summed E-state index contributed by atoms with van der Waals surface area (Å²) in [5.41, 5.74) is 0. The van der Waals surface area contributed by atoms with Gasteiger partial charge in [0.2, 0.25) is 0 Å². The Hall–Kier alpha value is 0.0800. The van der Waals surface area contributed by atoms with Crippen molar-refractivity contribution in [2.75, 3.05) is 23.0 Å². The monoisotopic (exact) mass is 1900 g/mol. The quantitative estimate of drug-likeness (QED) is 0.0416. The normalized spacial score (nSPS) is 18.6. The van der Waals surface area contributed by atoms with Crippen molar-refractivity contribution in [3.8, 4) is 0 Å². The van der Waals surface area contributed by atoms with Crippen molar-refractivity contribution in [2.45, 2.75) is 130 Å². The first-order valence-electron chi connectivity index (χ1n) is 38.4. The fourth-order valence-corrected chi connectivity index (χ4v) is 53.4. The molecule has 24 heteroatoms. The summed E-state index contributed by atoms with van der Waals surface area (Å²) in [5.74, 6) is 4.82. The minimum atomic E-state index is 1.21. The third-order valence-electron chi connectivity index (χ3n) is 20.0. The second-order valence-electron chi connectivity index (χ2n) is 27.5. The minimum Gasteiger partial charge on any atom is -0.117 e. The van der Waals surface area contributed by atoms with Crippen molar-refractivity contribution in [3.05, 3.63) is 245 Å². The Kier molecular flexibility index (Phi) is 27.8. The zero-order valence-electron chi connectivity index (χ0n) is 61.8. The summed E-state index contributed by atoms with van der Waals surface area (Å²) in [5, 5.41) is 24.8. The van der Waals surface area contributed by atoms with E-state index in [9.17, 15) is 0 Å². The Morgan fingerprint density at radius 1 is 0.161 bits per heavy atom. The summed E-state index contributed by atoms with van der Waals surface area (Å²) in [7, 11) is 0. The van der Waals surface area contributed by atoms with Crippen molar-refractivity contribution in [1.82, 2.24) is 0 Å². The second-order valence-corrected chi connectivity index (χ2v) is 58.0. The van der Waals surface area contributed by atoms with Crippen LogP contribution < -0.4 is 31.3 Å². The lowest BCUT2D eigenvalue weighted by molar-refractivity contribution is 0.707. The van der Waals surface area contributed by atoms with E-state index in [0.717, 1.165) is 0 Å². The van der Waals surface area contributed by atoms with Gasteiger partial charge >= 0.3 is 0 Å². The van der Waals surface area contributed by atoms with Gasteiger partial charge < -0.3 is 0 Å². The van der Waals surface area contributed by atoms with Gasteiger partial charge in [0.05, 0.1) is 93.2 Å². The predicted molar refractivity (Wildman–Crippen MR) is 557 cm³/mol. The molecule has 0 saturated heterocycles. The van der Waals surface area contributed by atoms with Crippen LogP contribution in [0.3, 0.4) is 0 Å². The highest BCUT2D eigenvalue weighted by molar-refractivity contribution is 8.56. The first-order chi connectivity index (χ1) is 55.4. The molecule has 0 fully saturated rings. The van der Waals surface area contributed by atoms with Crippen LogP contribution in [0.25, 0.3) is 90.1 Å². The van der Waals surface area contributed by atoms with Crippen LogP contribution in [0.4, 0.5) is 0 Å².